The lowest BCUT2D eigenvalue weighted by molar-refractivity contribution is -0.119. The number of hydrogen-bond donors (Lipinski definition) is 1. The molecule has 0 unspecified atom stereocenters. The lowest BCUT2D eigenvalue weighted by atomic mass is 10.1. The highest BCUT2D eigenvalue weighted by Gasteiger charge is 2.27. The lowest BCUT2D eigenvalue weighted by Crippen LogP contribution is -2.46. The first-order chi connectivity index (χ1) is 10.2. The van der Waals surface area contributed by atoms with Gasteiger partial charge in [0.15, 0.2) is 5.12 Å². The molecule has 0 aromatic rings. The quantitative estimate of drug-likeness (QED) is 0.858. The molecule has 1 atom stereocenters. The van der Waals surface area contributed by atoms with E-state index in [0.29, 0.717) is 13.1 Å². The summed E-state index contributed by atoms with van der Waals surface area (Å²) in [5.74, 6) is -0.0469. The van der Waals surface area contributed by atoms with Gasteiger partial charge in [0, 0.05) is 26.1 Å². The Labute approximate surface area is 136 Å². The van der Waals surface area contributed by atoms with E-state index in [0.717, 1.165) is 31.0 Å². The first kappa shape index (κ1) is 18.8. The van der Waals surface area contributed by atoms with E-state index in [4.69, 9.17) is 4.74 Å². The molecule has 0 radical (unpaired) electrons. The van der Waals surface area contributed by atoms with Gasteiger partial charge < -0.3 is 15.0 Å². The van der Waals surface area contributed by atoms with E-state index < -0.39 is 5.60 Å². The predicted molar refractivity (Wildman–Crippen MR) is 86.7 cm³/mol. The summed E-state index contributed by atoms with van der Waals surface area (Å²) >= 11 is 0.992. The van der Waals surface area contributed by atoms with Crippen molar-refractivity contribution in [1.29, 1.82) is 0 Å². The lowest BCUT2D eigenvalue weighted by Gasteiger charge is -2.28. The number of likely N-dealkylation sites (tertiary alicyclic amines) is 1. The van der Waals surface area contributed by atoms with Crippen molar-refractivity contribution in [2.24, 2.45) is 0 Å². The van der Waals surface area contributed by atoms with Crippen LogP contribution in [0.1, 0.15) is 47.0 Å². The van der Waals surface area contributed by atoms with Crippen molar-refractivity contribution in [1.82, 2.24) is 10.2 Å². The summed E-state index contributed by atoms with van der Waals surface area (Å²) in [6.45, 7) is 8.03. The van der Waals surface area contributed by atoms with Gasteiger partial charge in [-0.15, -0.1) is 0 Å². The highest BCUT2D eigenvalue weighted by molar-refractivity contribution is 8.14. The van der Waals surface area contributed by atoms with Gasteiger partial charge in [-0.05, 0) is 40.0 Å². The average Bonchev–Trinajstić information content (AvgIpc) is 2.60. The van der Waals surface area contributed by atoms with E-state index in [-0.39, 0.29) is 28.9 Å². The highest BCUT2D eigenvalue weighted by atomic mass is 32.2. The van der Waals surface area contributed by atoms with E-state index in [1.807, 2.05) is 20.8 Å². The van der Waals surface area contributed by atoms with Crippen LogP contribution in [0.25, 0.3) is 0 Å². The van der Waals surface area contributed by atoms with E-state index in [1.54, 1.807) is 4.90 Å². The second-order valence-corrected chi connectivity index (χ2v) is 7.62. The Morgan fingerprint density at radius 2 is 1.95 bits per heavy atom. The Balaban J connectivity index is 2.53. The van der Waals surface area contributed by atoms with Crippen LogP contribution in [0, 0.1) is 0 Å². The first-order valence-electron chi connectivity index (χ1n) is 7.58. The van der Waals surface area contributed by atoms with Crippen LogP contribution in [0.5, 0.6) is 0 Å². The maximum absolute atomic E-state index is 12.2. The van der Waals surface area contributed by atoms with Gasteiger partial charge in [-0.1, -0.05) is 11.8 Å². The minimum atomic E-state index is -0.528. The molecule has 22 heavy (non-hydrogen) atoms. The molecule has 0 aromatic carbocycles. The summed E-state index contributed by atoms with van der Waals surface area (Å²) in [4.78, 5) is 36.5. The molecule has 0 aliphatic carbocycles. The predicted octanol–water partition coefficient (Wildman–Crippen LogP) is 2.17. The molecule has 126 valence electrons. The fraction of sp³-hybridized carbons (Fsp3) is 0.800. The summed E-state index contributed by atoms with van der Waals surface area (Å²) in [7, 11) is 0. The molecule has 1 saturated heterocycles. The molecule has 2 amide bonds. The molecule has 1 aliphatic rings. The summed E-state index contributed by atoms with van der Waals surface area (Å²) < 4.78 is 5.39. The Hall–Kier alpha value is -1.24. The van der Waals surface area contributed by atoms with Crippen LogP contribution in [0.15, 0.2) is 0 Å². The SMILES string of the molecule is CC(=O)SCC(=O)N[C@H]1CCCCN(C(=O)OC(C)(C)C)C1. The third kappa shape index (κ3) is 7.68. The molecule has 0 spiro atoms. The number of hydrogen-bond acceptors (Lipinski definition) is 5. The normalized spacial score (nSPS) is 19.3. The van der Waals surface area contributed by atoms with Gasteiger partial charge in [-0.2, -0.15) is 0 Å². The molecule has 1 N–H and O–H groups in total. The smallest absolute Gasteiger partial charge is 0.410 e. The van der Waals surface area contributed by atoms with E-state index >= 15 is 0 Å². The molecule has 1 rings (SSSR count). The third-order valence-electron chi connectivity index (χ3n) is 3.09. The molecule has 1 aliphatic heterocycles. The number of rotatable bonds is 3. The van der Waals surface area contributed by atoms with Crippen molar-refractivity contribution in [3.05, 3.63) is 0 Å². The molecule has 7 heteroatoms. The van der Waals surface area contributed by atoms with Crippen LogP contribution in [0.3, 0.4) is 0 Å². The van der Waals surface area contributed by atoms with Crippen LogP contribution in [-0.4, -0.2) is 52.5 Å². The van der Waals surface area contributed by atoms with Crippen molar-refractivity contribution < 1.29 is 19.1 Å². The molecule has 0 saturated carbocycles. The van der Waals surface area contributed by atoms with Gasteiger partial charge in [-0.25, -0.2) is 4.79 Å². The molecular weight excluding hydrogens is 304 g/mol. The highest BCUT2D eigenvalue weighted by Crippen LogP contribution is 2.15. The van der Waals surface area contributed by atoms with Crippen LogP contribution in [-0.2, 0) is 14.3 Å². The summed E-state index contributed by atoms with van der Waals surface area (Å²) in [5.41, 5.74) is -0.528. The summed E-state index contributed by atoms with van der Waals surface area (Å²) in [5, 5.41) is 2.82. The van der Waals surface area contributed by atoms with Gasteiger partial charge in [0.05, 0.1) is 5.75 Å². The Morgan fingerprint density at radius 3 is 2.55 bits per heavy atom. The second kappa shape index (κ2) is 8.41. The van der Waals surface area contributed by atoms with Gasteiger partial charge in [0.2, 0.25) is 5.91 Å². The first-order valence-corrected chi connectivity index (χ1v) is 8.56. The summed E-state index contributed by atoms with van der Waals surface area (Å²) in [6, 6.07) is -0.0879. The van der Waals surface area contributed by atoms with Crippen molar-refractivity contribution in [3.63, 3.8) is 0 Å². The van der Waals surface area contributed by atoms with Crippen LogP contribution in [0.4, 0.5) is 4.79 Å². The zero-order valence-electron chi connectivity index (χ0n) is 13.8. The maximum atomic E-state index is 12.2. The Kier molecular flexibility index (Phi) is 7.19. The van der Waals surface area contributed by atoms with Crippen LogP contribution >= 0.6 is 11.8 Å². The molecule has 1 heterocycles. The number of amides is 2. The van der Waals surface area contributed by atoms with Crippen molar-refractivity contribution in [3.8, 4) is 0 Å². The number of nitrogens with one attached hydrogen (secondary N) is 1. The number of ether oxygens (including phenoxy) is 1. The topological polar surface area (TPSA) is 75.7 Å². The van der Waals surface area contributed by atoms with Crippen LogP contribution in [0.2, 0.25) is 0 Å². The Bertz CT molecular complexity index is 420. The van der Waals surface area contributed by atoms with Gasteiger partial charge in [0.1, 0.15) is 5.60 Å². The fourth-order valence-corrected chi connectivity index (χ4v) is 2.61. The van der Waals surface area contributed by atoms with Gasteiger partial charge in [-0.3, -0.25) is 9.59 Å². The fourth-order valence-electron chi connectivity index (χ4n) is 2.19. The number of carbonyl (C=O) groups excluding carboxylic acids is 3. The zero-order valence-corrected chi connectivity index (χ0v) is 14.6. The number of thioether (sulfide) groups is 1. The second-order valence-electron chi connectivity index (χ2n) is 6.47. The van der Waals surface area contributed by atoms with E-state index in [9.17, 15) is 14.4 Å². The largest absolute Gasteiger partial charge is 0.444 e. The molecule has 0 aromatic heterocycles. The average molecular weight is 330 g/mol. The van der Waals surface area contributed by atoms with E-state index in [1.165, 1.54) is 6.92 Å². The van der Waals surface area contributed by atoms with Gasteiger partial charge >= 0.3 is 6.09 Å². The van der Waals surface area contributed by atoms with Gasteiger partial charge in [0.25, 0.3) is 0 Å². The molecular formula is C15H26N2O4S. The van der Waals surface area contributed by atoms with Crippen LogP contribution < -0.4 is 5.32 Å². The summed E-state index contributed by atoms with van der Waals surface area (Å²) in [6.07, 6.45) is 2.33. The molecule has 6 nitrogen and oxygen atoms in total. The minimum absolute atomic E-state index is 0.0774. The number of carbonyl (C=O) groups is 3. The van der Waals surface area contributed by atoms with Crippen molar-refractivity contribution in [2.45, 2.75) is 58.6 Å². The van der Waals surface area contributed by atoms with E-state index in [2.05, 4.69) is 5.32 Å². The maximum Gasteiger partial charge on any atom is 0.410 e. The van der Waals surface area contributed by atoms with Crippen molar-refractivity contribution in [2.75, 3.05) is 18.8 Å². The van der Waals surface area contributed by atoms with Crippen molar-refractivity contribution >= 4 is 28.9 Å². The Morgan fingerprint density at radius 1 is 1.27 bits per heavy atom. The number of nitrogens with zero attached hydrogens (tertiary/aromatic N) is 1. The standard InChI is InChI=1S/C15H26N2O4S/c1-11(18)22-10-13(19)16-12-7-5-6-8-17(9-12)14(20)21-15(2,3)4/h12H,5-10H2,1-4H3,(H,16,19)/t12-/m0/s1. The third-order valence-corrected chi connectivity index (χ3v) is 3.91. The minimum Gasteiger partial charge on any atom is -0.444 e. The zero-order chi connectivity index (χ0) is 16.8. The monoisotopic (exact) mass is 330 g/mol. The molecule has 0 bridgehead atoms. The molecule has 1 fully saturated rings.